The fourth-order valence-electron chi connectivity index (χ4n) is 3.68. The predicted molar refractivity (Wildman–Crippen MR) is 122 cm³/mol. The van der Waals surface area contributed by atoms with Crippen molar-refractivity contribution in [2.45, 2.75) is 6.10 Å². The molecule has 33 heavy (non-hydrogen) atoms. The van der Waals surface area contributed by atoms with E-state index in [0.29, 0.717) is 15.6 Å². The summed E-state index contributed by atoms with van der Waals surface area (Å²) in [5.41, 5.74) is 1.21. The zero-order valence-corrected chi connectivity index (χ0v) is 18.9. The molecule has 9 heteroatoms. The van der Waals surface area contributed by atoms with E-state index in [1.54, 1.807) is 42.5 Å². The van der Waals surface area contributed by atoms with E-state index in [2.05, 4.69) is 0 Å². The second-order valence-electron chi connectivity index (χ2n) is 7.31. The van der Waals surface area contributed by atoms with Gasteiger partial charge in [-0.3, -0.25) is 14.5 Å². The monoisotopic (exact) mass is 489 g/mol. The number of carbonyl (C=O) groups excluding carboxylic acids is 2. The van der Waals surface area contributed by atoms with Crippen molar-refractivity contribution in [1.82, 2.24) is 4.90 Å². The minimum absolute atomic E-state index is 0.00453. The number of aliphatic hydroxyl groups excluding tert-OH is 1. The minimum atomic E-state index is -1.23. The molecule has 0 radical (unpaired) electrons. The van der Waals surface area contributed by atoms with E-state index < -0.39 is 23.7 Å². The lowest BCUT2D eigenvalue weighted by molar-refractivity contribution is 0.0453. The Labute approximate surface area is 199 Å². The molecule has 0 unspecified atom stereocenters. The third kappa shape index (κ3) is 4.39. The van der Waals surface area contributed by atoms with Gasteiger partial charge in [0.15, 0.2) is 11.5 Å². The van der Waals surface area contributed by atoms with Crippen molar-refractivity contribution < 1.29 is 28.6 Å². The van der Waals surface area contributed by atoms with Crippen LogP contribution in [-0.4, -0.2) is 48.2 Å². The van der Waals surface area contributed by atoms with Gasteiger partial charge in [0.25, 0.3) is 11.8 Å². The molecule has 0 spiro atoms. The Bertz CT molecular complexity index is 1190. The molecule has 170 valence electrons. The van der Waals surface area contributed by atoms with Crippen LogP contribution in [0.3, 0.4) is 0 Å². The largest absolute Gasteiger partial charge is 0.492 e. The number of rotatable bonds is 7. The van der Waals surface area contributed by atoms with Gasteiger partial charge in [-0.25, -0.2) is 4.39 Å². The Morgan fingerprint density at radius 1 is 0.970 bits per heavy atom. The predicted octanol–water partition coefficient (Wildman–Crippen LogP) is 4.84. The van der Waals surface area contributed by atoms with Crippen molar-refractivity contribution in [3.63, 3.8) is 0 Å². The van der Waals surface area contributed by atoms with E-state index in [0.717, 1.165) is 11.0 Å². The molecular formula is C24H18Cl2FNO5. The number of methoxy groups -OCH3 is 1. The zero-order chi connectivity index (χ0) is 23.7. The second kappa shape index (κ2) is 9.39. The van der Waals surface area contributed by atoms with Crippen LogP contribution < -0.4 is 9.47 Å². The average molecular weight is 490 g/mol. The van der Waals surface area contributed by atoms with E-state index >= 15 is 0 Å². The highest BCUT2D eigenvalue weighted by Crippen LogP contribution is 2.44. The highest BCUT2D eigenvalue weighted by Gasteiger charge is 2.36. The second-order valence-corrected chi connectivity index (χ2v) is 8.13. The lowest BCUT2D eigenvalue weighted by atomic mass is 10.0. The first kappa shape index (κ1) is 23.0. The van der Waals surface area contributed by atoms with E-state index in [9.17, 15) is 19.1 Å². The fraction of sp³-hybridized carbons (Fsp3) is 0.167. The Morgan fingerprint density at radius 2 is 1.58 bits per heavy atom. The van der Waals surface area contributed by atoms with E-state index in [4.69, 9.17) is 32.7 Å². The molecule has 0 fully saturated rings. The Morgan fingerprint density at radius 3 is 2.15 bits per heavy atom. The molecule has 3 aromatic rings. The molecule has 1 atom stereocenters. The van der Waals surface area contributed by atoms with Crippen molar-refractivity contribution in [2.24, 2.45) is 0 Å². The highest BCUT2D eigenvalue weighted by molar-refractivity contribution is 6.39. The number of ether oxygens (including phenoxy) is 2. The summed E-state index contributed by atoms with van der Waals surface area (Å²) in [6.45, 7) is -0.615. The van der Waals surface area contributed by atoms with Gasteiger partial charge in [0, 0.05) is 17.2 Å². The molecule has 1 aliphatic heterocycles. The average Bonchev–Trinajstić information content (AvgIpc) is 3.02. The highest BCUT2D eigenvalue weighted by atomic mass is 35.5. The number of hydrogen-bond acceptors (Lipinski definition) is 5. The fourth-order valence-corrected chi connectivity index (χ4v) is 4.28. The summed E-state index contributed by atoms with van der Waals surface area (Å²) < 4.78 is 25.5. The number of fused-ring (bicyclic) bond motifs is 1. The van der Waals surface area contributed by atoms with Gasteiger partial charge in [-0.05, 0) is 30.3 Å². The normalized spacial score (nSPS) is 13.8. The van der Waals surface area contributed by atoms with Crippen LogP contribution in [0.5, 0.6) is 11.5 Å². The summed E-state index contributed by atoms with van der Waals surface area (Å²) in [6, 6.07) is 13.6. The number of amides is 2. The maximum atomic E-state index is 14.4. The summed E-state index contributed by atoms with van der Waals surface area (Å²) in [6.07, 6.45) is -1.23. The van der Waals surface area contributed by atoms with Gasteiger partial charge >= 0.3 is 0 Å². The van der Waals surface area contributed by atoms with Crippen molar-refractivity contribution in [3.05, 3.63) is 81.6 Å². The van der Waals surface area contributed by atoms with Crippen molar-refractivity contribution >= 4 is 35.0 Å². The quantitative estimate of drug-likeness (QED) is 0.480. The van der Waals surface area contributed by atoms with Gasteiger partial charge in [-0.2, -0.15) is 0 Å². The number of carbonyl (C=O) groups is 2. The van der Waals surface area contributed by atoms with Crippen LogP contribution in [0.15, 0.2) is 54.6 Å². The van der Waals surface area contributed by atoms with Crippen LogP contribution in [0, 0.1) is 5.82 Å². The summed E-state index contributed by atoms with van der Waals surface area (Å²) in [7, 11) is 1.38. The molecule has 0 saturated heterocycles. The summed E-state index contributed by atoms with van der Waals surface area (Å²) in [5.74, 6) is -1.45. The van der Waals surface area contributed by atoms with E-state index in [1.165, 1.54) is 13.2 Å². The minimum Gasteiger partial charge on any atom is -0.492 e. The maximum absolute atomic E-state index is 14.4. The van der Waals surface area contributed by atoms with Crippen molar-refractivity contribution in [1.29, 1.82) is 0 Å². The number of β-amino-alcohol motifs (C(OH)–C–C–N with tert-alkyl or cyclic N) is 1. The smallest absolute Gasteiger partial charge is 0.261 e. The van der Waals surface area contributed by atoms with Crippen molar-refractivity contribution in [3.8, 4) is 22.6 Å². The molecule has 2 amide bonds. The first-order chi connectivity index (χ1) is 15.8. The van der Waals surface area contributed by atoms with E-state index in [1.807, 2.05) is 0 Å². The van der Waals surface area contributed by atoms with Gasteiger partial charge in [-0.15, -0.1) is 0 Å². The molecule has 0 saturated carbocycles. The lowest BCUT2D eigenvalue weighted by Crippen LogP contribution is -2.39. The molecule has 0 aromatic heterocycles. The van der Waals surface area contributed by atoms with Crippen LogP contribution in [0.2, 0.25) is 10.0 Å². The Hall–Kier alpha value is -3.13. The van der Waals surface area contributed by atoms with Crippen LogP contribution in [0.4, 0.5) is 4.39 Å². The molecule has 6 nitrogen and oxygen atoms in total. The van der Waals surface area contributed by atoms with Gasteiger partial charge in [0.05, 0.1) is 34.8 Å². The SMILES string of the molecule is COc1c(OC[C@H](O)CN2C(=O)c3ccccc3C2=O)cc(F)cc1-c1c(Cl)cccc1Cl. The first-order valence-corrected chi connectivity index (χ1v) is 10.7. The zero-order valence-electron chi connectivity index (χ0n) is 17.3. The van der Waals surface area contributed by atoms with Gasteiger partial charge in [0.1, 0.15) is 18.5 Å². The molecule has 1 aliphatic rings. The van der Waals surface area contributed by atoms with E-state index in [-0.39, 0.29) is 41.3 Å². The number of benzene rings is 3. The first-order valence-electron chi connectivity index (χ1n) is 9.89. The molecule has 0 aliphatic carbocycles. The summed E-state index contributed by atoms with van der Waals surface area (Å²) in [5, 5.41) is 11.0. The van der Waals surface area contributed by atoms with Crippen LogP contribution in [-0.2, 0) is 0 Å². The maximum Gasteiger partial charge on any atom is 0.261 e. The van der Waals surface area contributed by atoms with Crippen LogP contribution in [0.25, 0.3) is 11.1 Å². The summed E-state index contributed by atoms with van der Waals surface area (Å²) >= 11 is 12.5. The number of hydrogen-bond donors (Lipinski definition) is 1. The van der Waals surface area contributed by atoms with Gasteiger partial charge in [0.2, 0.25) is 0 Å². The third-order valence-corrected chi connectivity index (χ3v) is 5.79. The number of aliphatic hydroxyl groups is 1. The van der Waals surface area contributed by atoms with Crippen LogP contribution in [0.1, 0.15) is 20.7 Å². The van der Waals surface area contributed by atoms with Crippen molar-refractivity contribution in [2.75, 3.05) is 20.3 Å². The Kier molecular flexibility index (Phi) is 6.56. The lowest BCUT2D eigenvalue weighted by Gasteiger charge is -2.20. The molecule has 4 rings (SSSR count). The third-order valence-electron chi connectivity index (χ3n) is 5.16. The number of nitrogens with zero attached hydrogens (tertiary/aromatic N) is 1. The molecule has 3 aromatic carbocycles. The summed E-state index contributed by atoms with van der Waals surface area (Å²) in [4.78, 5) is 25.9. The standard InChI is InChI=1S/C24H18Cl2FNO5/c1-32-22-17(21-18(25)7-4-8-19(21)26)9-13(27)10-20(22)33-12-14(29)11-28-23(30)15-5-2-3-6-16(15)24(28)31/h2-10,14,29H,11-12H2,1H3/t14-/m1/s1. The Balaban J connectivity index is 1.54. The van der Waals surface area contributed by atoms with Gasteiger partial charge in [-0.1, -0.05) is 41.4 Å². The molecule has 1 heterocycles. The van der Waals surface area contributed by atoms with Crippen LogP contribution >= 0.6 is 23.2 Å². The number of halogens is 3. The topological polar surface area (TPSA) is 76.1 Å². The molecular weight excluding hydrogens is 472 g/mol. The number of imide groups is 1. The molecule has 0 bridgehead atoms. The molecule has 1 N–H and O–H groups in total. The van der Waals surface area contributed by atoms with Gasteiger partial charge < -0.3 is 14.6 Å².